The predicted octanol–water partition coefficient (Wildman–Crippen LogP) is 1.56. The molecule has 8 nitrogen and oxygen atoms in total. The van der Waals surface area contributed by atoms with E-state index in [4.69, 9.17) is 5.73 Å². The first-order chi connectivity index (χ1) is 12.6. The first-order valence-corrected chi connectivity index (χ1v) is 8.57. The summed E-state index contributed by atoms with van der Waals surface area (Å²) in [4.78, 5) is 26.7. The summed E-state index contributed by atoms with van der Waals surface area (Å²) in [6.07, 6.45) is 2.51. The van der Waals surface area contributed by atoms with Gasteiger partial charge in [-0.1, -0.05) is 0 Å². The van der Waals surface area contributed by atoms with Gasteiger partial charge in [0.15, 0.2) is 0 Å². The van der Waals surface area contributed by atoms with E-state index >= 15 is 0 Å². The molecule has 2 amide bonds. The van der Waals surface area contributed by atoms with E-state index in [1.165, 1.54) is 0 Å². The number of amides is 2. The number of anilines is 1. The molecule has 0 unspecified atom stereocenters. The van der Waals surface area contributed by atoms with Gasteiger partial charge in [-0.15, -0.1) is 12.4 Å². The predicted molar refractivity (Wildman–Crippen MR) is 105 cm³/mol. The summed E-state index contributed by atoms with van der Waals surface area (Å²) in [7, 11) is 0. The fraction of sp³-hybridized carbons (Fsp3) is 0.278. The van der Waals surface area contributed by atoms with Gasteiger partial charge in [-0.2, -0.15) is 5.10 Å². The average molecular weight is 389 g/mol. The van der Waals surface area contributed by atoms with Gasteiger partial charge in [0.25, 0.3) is 5.91 Å². The van der Waals surface area contributed by atoms with Gasteiger partial charge in [-0.25, -0.2) is 0 Å². The van der Waals surface area contributed by atoms with Gasteiger partial charge in [0.2, 0.25) is 5.91 Å². The quantitative estimate of drug-likeness (QED) is 0.530. The van der Waals surface area contributed by atoms with Crippen molar-refractivity contribution < 1.29 is 9.59 Å². The molecular formula is C18H21ClN6O2. The minimum atomic E-state index is -0.502. The molecule has 0 spiro atoms. The van der Waals surface area contributed by atoms with Crippen LogP contribution in [0.25, 0.3) is 10.9 Å². The maximum Gasteiger partial charge on any atom is 0.250 e. The highest BCUT2D eigenvalue weighted by atomic mass is 35.5. The van der Waals surface area contributed by atoms with Crippen molar-refractivity contribution in [1.82, 2.24) is 20.1 Å². The highest BCUT2D eigenvalue weighted by Crippen LogP contribution is 2.22. The van der Waals surface area contributed by atoms with Crippen LogP contribution in [0.15, 0.2) is 30.5 Å². The number of halogens is 1. The van der Waals surface area contributed by atoms with Crippen LogP contribution in [-0.2, 0) is 24.3 Å². The van der Waals surface area contributed by atoms with Crippen molar-refractivity contribution in [3.63, 3.8) is 0 Å². The van der Waals surface area contributed by atoms with E-state index < -0.39 is 5.91 Å². The third kappa shape index (κ3) is 3.96. The molecule has 1 aliphatic rings. The Hall–Kier alpha value is -2.84. The minimum Gasteiger partial charge on any atom is -0.366 e. The van der Waals surface area contributed by atoms with E-state index in [1.54, 1.807) is 18.3 Å². The highest BCUT2D eigenvalue weighted by molar-refractivity contribution is 6.07. The molecule has 0 saturated carbocycles. The number of nitrogens with one attached hydrogen (secondary N) is 3. The van der Waals surface area contributed by atoms with Crippen LogP contribution in [0.5, 0.6) is 0 Å². The van der Waals surface area contributed by atoms with Gasteiger partial charge < -0.3 is 21.4 Å². The lowest BCUT2D eigenvalue weighted by molar-refractivity contribution is -0.116. The number of H-pyrrole nitrogens is 1. The SMILES string of the molecule is Cl.NC(=O)c1c[nH]c2ccc(NC(=O)CCc3cc4n(n3)CCNC4)cc12. The second-order valence-electron chi connectivity index (χ2n) is 6.40. The number of carbonyl (C=O) groups is 2. The first kappa shape index (κ1) is 18.9. The Bertz CT molecular complexity index is 970. The molecule has 1 aromatic carbocycles. The Morgan fingerprint density at radius 1 is 1.30 bits per heavy atom. The van der Waals surface area contributed by atoms with Gasteiger partial charge in [-0.05, 0) is 24.3 Å². The molecule has 27 heavy (non-hydrogen) atoms. The van der Waals surface area contributed by atoms with E-state index in [0.29, 0.717) is 29.5 Å². The second kappa shape index (κ2) is 7.81. The number of fused-ring (bicyclic) bond motifs is 2. The normalized spacial score (nSPS) is 13.0. The summed E-state index contributed by atoms with van der Waals surface area (Å²) in [6, 6.07) is 7.41. The molecular weight excluding hydrogens is 368 g/mol. The molecule has 142 valence electrons. The van der Waals surface area contributed by atoms with Crippen LogP contribution in [0.3, 0.4) is 0 Å². The largest absolute Gasteiger partial charge is 0.366 e. The van der Waals surface area contributed by atoms with Crippen LogP contribution in [0.1, 0.15) is 28.2 Å². The monoisotopic (exact) mass is 388 g/mol. The molecule has 1 aliphatic heterocycles. The number of hydrogen-bond donors (Lipinski definition) is 4. The maximum atomic E-state index is 12.3. The molecule has 0 atom stereocenters. The molecule has 0 saturated heterocycles. The van der Waals surface area contributed by atoms with Gasteiger partial charge in [0.05, 0.1) is 23.5 Å². The number of aryl methyl sites for hydroxylation is 1. The van der Waals surface area contributed by atoms with E-state index in [0.717, 1.165) is 36.5 Å². The van der Waals surface area contributed by atoms with E-state index in [2.05, 4.69) is 20.7 Å². The van der Waals surface area contributed by atoms with Gasteiger partial charge >= 0.3 is 0 Å². The van der Waals surface area contributed by atoms with Crippen molar-refractivity contribution in [2.24, 2.45) is 5.73 Å². The van der Waals surface area contributed by atoms with Gasteiger partial charge in [0.1, 0.15) is 0 Å². The Morgan fingerprint density at radius 3 is 2.93 bits per heavy atom. The molecule has 2 aromatic heterocycles. The summed E-state index contributed by atoms with van der Waals surface area (Å²) in [6.45, 7) is 2.60. The molecule has 0 radical (unpaired) electrons. The zero-order valence-electron chi connectivity index (χ0n) is 14.6. The number of benzene rings is 1. The number of aromatic nitrogens is 3. The first-order valence-electron chi connectivity index (χ1n) is 8.57. The third-order valence-electron chi connectivity index (χ3n) is 4.56. The fourth-order valence-electron chi connectivity index (χ4n) is 3.24. The Labute approximate surface area is 161 Å². The third-order valence-corrected chi connectivity index (χ3v) is 4.56. The number of primary amides is 1. The lowest BCUT2D eigenvalue weighted by Gasteiger charge is -2.13. The van der Waals surface area contributed by atoms with E-state index in [-0.39, 0.29) is 18.3 Å². The van der Waals surface area contributed by atoms with E-state index in [1.807, 2.05) is 16.8 Å². The van der Waals surface area contributed by atoms with Crippen LogP contribution in [0.4, 0.5) is 5.69 Å². The zero-order chi connectivity index (χ0) is 18.1. The van der Waals surface area contributed by atoms with Crippen molar-refractivity contribution in [3.8, 4) is 0 Å². The zero-order valence-corrected chi connectivity index (χ0v) is 15.4. The molecule has 0 aliphatic carbocycles. The van der Waals surface area contributed by atoms with Crippen LogP contribution >= 0.6 is 12.4 Å². The van der Waals surface area contributed by atoms with Crippen LogP contribution < -0.4 is 16.4 Å². The minimum absolute atomic E-state index is 0. The lowest BCUT2D eigenvalue weighted by atomic mass is 10.1. The Morgan fingerprint density at radius 2 is 2.15 bits per heavy atom. The maximum absolute atomic E-state index is 12.3. The van der Waals surface area contributed by atoms with Crippen LogP contribution in [0.2, 0.25) is 0 Å². The highest BCUT2D eigenvalue weighted by Gasteiger charge is 2.13. The summed E-state index contributed by atoms with van der Waals surface area (Å²) in [5, 5.41) is 11.4. The average Bonchev–Trinajstić information content (AvgIpc) is 3.23. The fourth-order valence-corrected chi connectivity index (χ4v) is 3.24. The summed E-state index contributed by atoms with van der Waals surface area (Å²) >= 11 is 0. The molecule has 0 fully saturated rings. The second-order valence-corrected chi connectivity index (χ2v) is 6.40. The van der Waals surface area contributed by atoms with Gasteiger partial charge in [-0.3, -0.25) is 14.3 Å². The molecule has 4 rings (SSSR count). The molecule has 3 aromatic rings. The van der Waals surface area contributed by atoms with E-state index in [9.17, 15) is 9.59 Å². The molecule has 9 heteroatoms. The summed E-state index contributed by atoms with van der Waals surface area (Å²) < 4.78 is 1.99. The topological polar surface area (TPSA) is 118 Å². The standard InChI is InChI=1S/C18H20N6O2.ClH/c19-18(26)15-10-21-16-3-1-11(8-14(15)16)22-17(25)4-2-12-7-13-9-20-5-6-24(13)23-12;/h1,3,7-8,10,20-21H,2,4-6,9H2,(H2,19,26)(H,22,25);1H. The van der Waals surface area contributed by atoms with Crippen molar-refractivity contribution in [1.29, 1.82) is 0 Å². The lowest BCUT2D eigenvalue weighted by Crippen LogP contribution is -2.28. The summed E-state index contributed by atoms with van der Waals surface area (Å²) in [5.74, 6) is -0.595. The summed E-state index contributed by atoms with van der Waals surface area (Å²) in [5.41, 5.74) is 9.30. The number of aromatic amines is 1. The van der Waals surface area contributed by atoms with Gasteiger partial charge in [0, 0.05) is 48.7 Å². The smallest absolute Gasteiger partial charge is 0.250 e. The molecule has 5 N–H and O–H groups in total. The van der Waals surface area contributed by atoms with Crippen molar-refractivity contribution in [3.05, 3.63) is 47.4 Å². The van der Waals surface area contributed by atoms with Crippen molar-refractivity contribution in [2.45, 2.75) is 25.9 Å². The van der Waals surface area contributed by atoms with Crippen LogP contribution in [0, 0.1) is 0 Å². The number of nitrogens with zero attached hydrogens (tertiary/aromatic N) is 2. The molecule has 0 bridgehead atoms. The number of hydrogen-bond acceptors (Lipinski definition) is 4. The number of rotatable bonds is 5. The number of carbonyl (C=O) groups excluding carboxylic acids is 2. The van der Waals surface area contributed by atoms with Crippen LogP contribution in [-0.4, -0.2) is 33.1 Å². The van der Waals surface area contributed by atoms with Crippen molar-refractivity contribution >= 4 is 40.8 Å². The Balaban J connectivity index is 0.00000210. The Kier molecular flexibility index (Phi) is 5.48. The number of nitrogens with two attached hydrogens (primary N) is 1. The van der Waals surface area contributed by atoms with Crippen molar-refractivity contribution in [2.75, 3.05) is 11.9 Å². The molecule has 3 heterocycles.